The van der Waals surface area contributed by atoms with Crippen LogP contribution in [0.3, 0.4) is 0 Å². The number of ether oxygens (including phenoxy) is 2. The minimum absolute atomic E-state index is 0.0171. The summed E-state index contributed by atoms with van der Waals surface area (Å²) in [4.78, 5) is 37.1. The van der Waals surface area contributed by atoms with Gasteiger partial charge in [0, 0.05) is 20.1 Å². The van der Waals surface area contributed by atoms with Crippen LogP contribution in [0.1, 0.15) is 6.42 Å². The van der Waals surface area contributed by atoms with E-state index in [2.05, 4.69) is 5.32 Å². The van der Waals surface area contributed by atoms with Gasteiger partial charge in [-0.1, -0.05) is 12.1 Å². The average molecular weight is 336 g/mol. The van der Waals surface area contributed by atoms with Crippen molar-refractivity contribution < 1.29 is 29.0 Å². The Hall–Kier alpha value is -2.61. The predicted octanol–water partition coefficient (Wildman–Crippen LogP) is 0.264. The maximum Gasteiger partial charge on any atom is 0.328 e. The third-order valence-electron chi connectivity index (χ3n) is 3.82. The van der Waals surface area contributed by atoms with Crippen molar-refractivity contribution in [1.29, 1.82) is 0 Å². The molecule has 24 heavy (non-hydrogen) atoms. The Morgan fingerprint density at radius 3 is 2.71 bits per heavy atom. The Bertz CT molecular complexity index is 633. The highest BCUT2D eigenvalue weighted by Gasteiger charge is 2.37. The average Bonchev–Trinajstić information content (AvgIpc) is 2.96. The molecule has 1 aromatic carbocycles. The van der Waals surface area contributed by atoms with E-state index in [-0.39, 0.29) is 25.5 Å². The van der Waals surface area contributed by atoms with Crippen LogP contribution in [0.15, 0.2) is 24.3 Å². The van der Waals surface area contributed by atoms with E-state index in [0.29, 0.717) is 11.4 Å². The molecule has 8 heteroatoms. The second kappa shape index (κ2) is 7.78. The highest BCUT2D eigenvalue weighted by Crippen LogP contribution is 2.32. The highest BCUT2D eigenvalue weighted by molar-refractivity contribution is 6.01. The van der Waals surface area contributed by atoms with E-state index in [1.807, 2.05) is 0 Å². The fourth-order valence-electron chi connectivity index (χ4n) is 2.60. The zero-order valence-electron chi connectivity index (χ0n) is 13.5. The van der Waals surface area contributed by atoms with E-state index in [1.54, 1.807) is 24.3 Å². The quantitative estimate of drug-likeness (QED) is 0.740. The van der Waals surface area contributed by atoms with Crippen LogP contribution in [-0.2, 0) is 19.1 Å². The molecule has 0 spiro atoms. The lowest BCUT2D eigenvalue weighted by atomic mass is 10.1. The van der Waals surface area contributed by atoms with Crippen molar-refractivity contribution >= 4 is 23.5 Å². The van der Waals surface area contributed by atoms with E-state index in [4.69, 9.17) is 14.6 Å². The van der Waals surface area contributed by atoms with Crippen molar-refractivity contribution in [3.8, 4) is 5.75 Å². The first-order chi connectivity index (χ1) is 11.5. The number of anilines is 1. The molecule has 2 N–H and O–H groups in total. The van der Waals surface area contributed by atoms with Crippen LogP contribution in [0.4, 0.5) is 5.69 Å². The predicted molar refractivity (Wildman–Crippen MR) is 84.9 cm³/mol. The maximum atomic E-state index is 12.3. The van der Waals surface area contributed by atoms with Crippen LogP contribution in [-0.4, -0.2) is 56.3 Å². The van der Waals surface area contributed by atoms with Crippen molar-refractivity contribution in [2.75, 3.05) is 32.3 Å². The molecule has 2 rings (SSSR count). The molecule has 0 bridgehead atoms. The molecule has 130 valence electrons. The molecule has 1 heterocycles. The minimum atomic E-state index is -1.18. The van der Waals surface area contributed by atoms with Crippen LogP contribution in [0, 0.1) is 5.92 Å². The van der Waals surface area contributed by atoms with Gasteiger partial charge in [-0.3, -0.25) is 9.59 Å². The van der Waals surface area contributed by atoms with Crippen molar-refractivity contribution in [2.24, 2.45) is 5.92 Å². The maximum absolute atomic E-state index is 12.3. The number of amides is 2. The lowest BCUT2D eigenvalue weighted by molar-refractivity contribution is -0.143. The zero-order valence-corrected chi connectivity index (χ0v) is 13.5. The number of carbonyl (C=O) groups excluding carboxylic acids is 2. The third-order valence-corrected chi connectivity index (χ3v) is 3.82. The number of hydrogen-bond acceptors (Lipinski definition) is 5. The Balaban J connectivity index is 2.08. The van der Waals surface area contributed by atoms with Gasteiger partial charge in [-0.2, -0.15) is 0 Å². The first-order valence-corrected chi connectivity index (χ1v) is 7.43. The topological polar surface area (TPSA) is 105 Å². The number of nitrogens with one attached hydrogen (secondary N) is 1. The number of aliphatic carboxylic acids is 1. The summed E-state index contributed by atoms with van der Waals surface area (Å²) in [6.45, 7) is 0.0301. The number of rotatable bonds is 7. The van der Waals surface area contributed by atoms with Gasteiger partial charge in [0.1, 0.15) is 5.75 Å². The van der Waals surface area contributed by atoms with Crippen LogP contribution in [0.25, 0.3) is 0 Å². The summed E-state index contributed by atoms with van der Waals surface area (Å²) in [6, 6.07) is 5.89. The minimum Gasteiger partial charge on any atom is -0.495 e. The monoisotopic (exact) mass is 336 g/mol. The van der Waals surface area contributed by atoms with Gasteiger partial charge in [-0.25, -0.2) is 4.79 Å². The highest BCUT2D eigenvalue weighted by atomic mass is 16.5. The number of carbonyl (C=O) groups is 3. The number of carboxylic acids is 1. The van der Waals surface area contributed by atoms with Gasteiger partial charge < -0.3 is 24.8 Å². The lowest BCUT2D eigenvalue weighted by Gasteiger charge is -2.20. The van der Waals surface area contributed by atoms with E-state index < -0.39 is 23.8 Å². The van der Waals surface area contributed by atoms with Crippen molar-refractivity contribution in [1.82, 2.24) is 5.32 Å². The van der Waals surface area contributed by atoms with Gasteiger partial charge in [0.25, 0.3) is 0 Å². The molecule has 0 radical (unpaired) electrons. The first-order valence-electron chi connectivity index (χ1n) is 7.43. The Morgan fingerprint density at radius 1 is 1.38 bits per heavy atom. The zero-order chi connectivity index (χ0) is 17.7. The molecule has 1 aromatic rings. The van der Waals surface area contributed by atoms with E-state index >= 15 is 0 Å². The summed E-state index contributed by atoms with van der Waals surface area (Å²) in [6.07, 6.45) is 0.0171. The van der Waals surface area contributed by atoms with Gasteiger partial charge >= 0.3 is 5.97 Å². The molecule has 0 aromatic heterocycles. The van der Waals surface area contributed by atoms with Crippen molar-refractivity contribution in [2.45, 2.75) is 12.5 Å². The molecule has 1 saturated heterocycles. The number of hydrogen-bond donors (Lipinski definition) is 2. The van der Waals surface area contributed by atoms with Gasteiger partial charge in [-0.05, 0) is 12.1 Å². The number of nitrogens with zero attached hydrogens (tertiary/aromatic N) is 1. The SMILES string of the molecule is COCC(NC(=O)C1CC(=O)N(c2ccccc2OC)C1)C(=O)O. The van der Waals surface area contributed by atoms with Gasteiger partial charge in [0.15, 0.2) is 6.04 Å². The van der Waals surface area contributed by atoms with Gasteiger partial charge in [0.05, 0.1) is 25.3 Å². The largest absolute Gasteiger partial charge is 0.495 e. The molecular weight excluding hydrogens is 316 g/mol. The van der Waals surface area contributed by atoms with Crippen LogP contribution >= 0.6 is 0 Å². The summed E-state index contributed by atoms with van der Waals surface area (Å²) < 4.78 is 10.0. The Kier molecular flexibility index (Phi) is 5.75. The molecule has 2 amide bonds. The molecule has 0 saturated carbocycles. The van der Waals surface area contributed by atoms with Gasteiger partial charge in [0.2, 0.25) is 11.8 Å². The summed E-state index contributed by atoms with van der Waals surface area (Å²) in [5.74, 6) is -1.96. The molecule has 1 aliphatic rings. The molecular formula is C16H20N2O6. The molecule has 1 fully saturated rings. The van der Waals surface area contributed by atoms with Crippen molar-refractivity contribution in [3.63, 3.8) is 0 Å². The lowest BCUT2D eigenvalue weighted by Crippen LogP contribution is -2.46. The molecule has 0 aliphatic carbocycles. The summed E-state index contributed by atoms with van der Waals surface area (Å²) >= 11 is 0. The van der Waals surface area contributed by atoms with Crippen molar-refractivity contribution in [3.05, 3.63) is 24.3 Å². The summed E-state index contributed by atoms with van der Waals surface area (Å²) in [5.41, 5.74) is 0.590. The second-order valence-corrected chi connectivity index (χ2v) is 5.43. The number of benzene rings is 1. The fourth-order valence-corrected chi connectivity index (χ4v) is 2.60. The summed E-state index contributed by atoms with van der Waals surface area (Å²) in [7, 11) is 2.86. The number of methoxy groups -OCH3 is 2. The van der Waals surface area contributed by atoms with E-state index in [9.17, 15) is 14.4 Å². The van der Waals surface area contributed by atoms with E-state index in [1.165, 1.54) is 19.1 Å². The Morgan fingerprint density at radius 2 is 2.08 bits per heavy atom. The molecule has 1 aliphatic heterocycles. The number of carboxylic acid groups (broad SMARTS) is 1. The van der Waals surface area contributed by atoms with Crippen LogP contribution < -0.4 is 15.0 Å². The first kappa shape index (κ1) is 17.7. The van der Waals surface area contributed by atoms with E-state index in [0.717, 1.165) is 0 Å². The summed E-state index contributed by atoms with van der Waals surface area (Å²) in [5, 5.41) is 11.5. The molecule has 8 nitrogen and oxygen atoms in total. The number of para-hydroxylation sites is 2. The third kappa shape index (κ3) is 3.83. The second-order valence-electron chi connectivity index (χ2n) is 5.43. The normalized spacial score (nSPS) is 18.3. The van der Waals surface area contributed by atoms with Crippen LogP contribution in [0.5, 0.6) is 5.75 Å². The van der Waals surface area contributed by atoms with Gasteiger partial charge in [-0.15, -0.1) is 0 Å². The molecule has 2 unspecified atom stereocenters. The molecule has 2 atom stereocenters. The standard InChI is InChI=1S/C16H20N2O6/c1-23-9-11(16(21)22)17-15(20)10-7-14(19)18(8-10)12-5-3-4-6-13(12)24-2/h3-6,10-11H,7-9H2,1-2H3,(H,17,20)(H,21,22). The smallest absolute Gasteiger partial charge is 0.328 e. The van der Waals surface area contributed by atoms with Crippen LogP contribution in [0.2, 0.25) is 0 Å². The Labute approximate surface area is 139 Å². The fraction of sp³-hybridized carbons (Fsp3) is 0.438.